The van der Waals surface area contributed by atoms with E-state index in [9.17, 15) is 0 Å². The van der Waals surface area contributed by atoms with Crippen LogP contribution in [-0.4, -0.2) is 62.1 Å². The fraction of sp³-hybridized carbons (Fsp3) is 0.650. The molecular weight excluding hydrogens is 423 g/mol. The van der Waals surface area contributed by atoms with Crippen molar-refractivity contribution in [3.63, 3.8) is 0 Å². The number of nitrogens with zero attached hydrogens (tertiary/aromatic N) is 3. The lowest BCUT2D eigenvalue weighted by Crippen LogP contribution is -2.41. The highest BCUT2D eigenvalue weighted by Gasteiger charge is 2.24. The molecule has 5 heteroatoms. The lowest BCUT2D eigenvalue weighted by atomic mass is 9.99. The lowest BCUT2D eigenvalue weighted by molar-refractivity contribution is 0.333. The standard InChI is InChI=1S/C20H32N4.HI/c1-21-20(22-11-7-14-23-12-5-6-13-23)24-15-10-19(17-24)16-18-8-3-2-4-9-18;/h2-4,8-9,19H,5-7,10-17H2,1H3,(H,21,22);1H. The summed E-state index contributed by atoms with van der Waals surface area (Å²) in [6.07, 6.45) is 6.42. The summed E-state index contributed by atoms with van der Waals surface area (Å²) in [7, 11) is 1.91. The molecule has 0 saturated carbocycles. The maximum Gasteiger partial charge on any atom is 0.193 e. The first kappa shape index (κ1) is 20.5. The lowest BCUT2D eigenvalue weighted by Gasteiger charge is -2.22. The molecule has 1 atom stereocenters. The van der Waals surface area contributed by atoms with Gasteiger partial charge in [-0.25, -0.2) is 0 Å². The molecule has 0 radical (unpaired) electrons. The predicted molar refractivity (Wildman–Crippen MR) is 117 cm³/mol. The Morgan fingerprint density at radius 2 is 1.92 bits per heavy atom. The minimum absolute atomic E-state index is 0. The second-order valence-corrected chi connectivity index (χ2v) is 7.17. The second-order valence-electron chi connectivity index (χ2n) is 7.17. The molecular formula is C20H33IN4. The maximum atomic E-state index is 4.50. The van der Waals surface area contributed by atoms with E-state index >= 15 is 0 Å². The Bertz CT molecular complexity index is 514. The monoisotopic (exact) mass is 456 g/mol. The van der Waals surface area contributed by atoms with E-state index in [0.717, 1.165) is 31.5 Å². The molecule has 0 aromatic heterocycles. The van der Waals surface area contributed by atoms with E-state index in [1.54, 1.807) is 0 Å². The van der Waals surface area contributed by atoms with Gasteiger partial charge in [0.1, 0.15) is 0 Å². The smallest absolute Gasteiger partial charge is 0.193 e. The summed E-state index contributed by atoms with van der Waals surface area (Å²) >= 11 is 0. The molecule has 1 unspecified atom stereocenters. The Morgan fingerprint density at radius 3 is 2.64 bits per heavy atom. The summed E-state index contributed by atoms with van der Waals surface area (Å²) in [5.41, 5.74) is 1.46. The van der Waals surface area contributed by atoms with Crippen molar-refractivity contribution in [2.24, 2.45) is 10.9 Å². The average Bonchev–Trinajstić information content (AvgIpc) is 3.28. The van der Waals surface area contributed by atoms with Gasteiger partial charge in [-0.05, 0) is 63.2 Å². The van der Waals surface area contributed by atoms with E-state index in [2.05, 4.69) is 50.4 Å². The van der Waals surface area contributed by atoms with Crippen molar-refractivity contribution < 1.29 is 0 Å². The molecule has 2 aliphatic rings. The number of nitrogens with one attached hydrogen (secondary N) is 1. The third-order valence-electron chi connectivity index (χ3n) is 5.30. The molecule has 0 bridgehead atoms. The Morgan fingerprint density at radius 1 is 1.16 bits per heavy atom. The summed E-state index contributed by atoms with van der Waals surface area (Å²) in [5.74, 6) is 1.84. The molecule has 0 aliphatic carbocycles. The molecule has 140 valence electrons. The number of guanidine groups is 1. The van der Waals surface area contributed by atoms with Crippen LogP contribution in [0.5, 0.6) is 0 Å². The van der Waals surface area contributed by atoms with Crippen LogP contribution in [0.3, 0.4) is 0 Å². The molecule has 0 amide bonds. The topological polar surface area (TPSA) is 30.9 Å². The number of rotatable bonds is 6. The van der Waals surface area contributed by atoms with E-state index in [0.29, 0.717) is 0 Å². The zero-order valence-corrected chi connectivity index (χ0v) is 17.8. The molecule has 2 fully saturated rings. The van der Waals surface area contributed by atoms with Crippen LogP contribution in [-0.2, 0) is 6.42 Å². The van der Waals surface area contributed by atoms with Crippen molar-refractivity contribution in [2.75, 3.05) is 46.3 Å². The molecule has 0 spiro atoms. The Labute approximate surface area is 170 Å². The Balaban J connectivity index is 0.00000225. The normalized spacial score (nSPS) is 21.4. The van der Waals surface area contributed by atoms with Gasteiger partial charge in [-0.1, -0.05) is 30.3 Å². The zero-order chi connectivity index (χ0) is 16.6. The van der Waals surface area contributed by atoms with Crippen molar-refractivity contribution >= 4 is 29.9 Å². The van der Waals surface area contributed by atoms with Crippen LogP contribution in [0.4, 0.5) is 0 Å². The van der Waals surface area contributed by atoms with E-state index in [1.807, 2.05) is 7.05 Å². The van der Waals surface area contributed by atoms with Gasteiger partial charge in [0.25, 0.3) is 0 Å². The fourth-order valence-corrected chi connectivity index (χ4v) is 3.98. The highest BCUT2D eigenvalue weighted by molar-refractivity contribution is 14.0. The van der Waals surface area contributed by atoms with Crippen molar-refractivity contribution in [3.05, 3.63) is 35.9 Å². The van der Waals surface area contributed by atoms with E-state index in [1.165, 1.54) is 57.3 Å². The quantitative estimate of drug-likeness (QED) is 0.309. The van der Waals surface area contributed by atoms with Gasteiger partial charge in [-0.15, -0.1) is 24.0 Å². The van der Waals surface area contributed by atoms with Crippen LogP contribution >= 0.6 is 24.0 Å². The summed E-state index contributed by atoms with van der Waals surface area (Å²) in [6.45, 7) is 7.09. The molecule has 1 N–H and O–H groups in total. The predicted octanol–water partition coefficient (Wildman–Crippen LogP) is 3.23. The average molecular weight is 456 g/mol. The number of halogens is 1. The van der Waals surface area contributed by atoms with Gasteiger partial charge in [-0.2, -0.15) is 0 Å². The summed E-state index contributed by atoms with van der Waals surface area (Å²) in [6, 6.07) is 10.9. The minimum atomic E-state index is 0. The van der Waals surface area contributed by atoms with Gasteiger partial charge >= 0.3 is 0 Å². The molecule has 4 nitrogen and oxygen atoms in total. The zero-order valence-electron chi connectivity index (χ0n) is 15.5. The first-order valence-corrected chi connectivity index (χ1v) is 9.57. The van der Waals surface area contributed by atoms with E-state index in [-0.39, 0.29) is 24.0 Å². The Hall–Kier alpha value is -0.820. The highest BCUT2D eigenvalue weighted by atomic mass is 127. The van der Waals surface area contributed by atoms with Crippen LogP contribution in [0.25, 0.3) is 0 Å². The van der Waals surface area contributed by atoms with Crippen LogP contribution in [0, 0.1) is 5.92 Å². The van der Waals surface area contributed by atoms with Crippen molar-refractivity contribution in [1.29, 1.82) is 0 Å². The summed E-state index contributed by atoms with van der Waals surface area (Å²) < 4.78 is 0. The molecule has 1 aromatic rings. The van der Waals surface area contributed by atoms with Gasteiger partial charge in [0.2, 0.25) is 0 Å². The Kier molecular flexibility index (Phi) is 9.03. The number of hydrogen-bond acceptors (Lipinski definition) is 2. The summed E-state index contributed by atoms with van der Waals surface area (Å²) in [5, 5.41) is 3.57. The van der Waals surface area contributed by atoms with E-state index < -0.39 is 0 Å². The fourth-order valence-electron chi connectivity index (χ4n) is 3.98. The highest BCUT2D eigenvalue weighted by Crippen LogP contribution is 2.20. The van der Waals surface area contributed by atoms with Gasteiger partial charge < -0.3 is 15.1 Å². The number of likely N-dealkylation sites (tertiary alicyclic amines) is 2. The molecule has 25 heavy (non-hydrogen) atoms. The van der Waals surface area contributed by atoms with Crippen LogP contribution < -0.4 is 5.32 Å². The number of benzene rings is 1. The van der Waals surface area contributed by atoms with Crippen LogP contribution in [0.1, 0.15) is 31.2 Å². The molecule has 1 aromatic carbocycles. The molecule has 2 heterocycles. The van der Waals surface area contributed by atoms with Crippen molar-refractivity contribution in [1.82, 2.24) is 15.1 Å². The molecule has 2 aliphatic heterocycles. The second kappa shape index (κ2) is 11.0. The van der Waals surface area contributed by atoms with Crippen LogP contribution in [0.15, 0.2) is 35.3 Å². The minimum Gasteiger partial charge on any atom is -0.356 e. The third kappa shape index (κ3) is 6.44. The van der Waals surface area contributed by atoms with Crippen molar-refractivity contribution in [2.45, 2.75) is 32.1 Å². The number of aliphatic imine (C=N–C) groups is 1. The van der Waals surface area contributed by atoms with Crippen molar-refractivity contribution in [3.8, 4) is 0 Å². The van der Waals surface area contributed by atoms with Gasteiger partial charge in [0.15, 0.2) is 5.96 Å². The van der Waals surface area contributed by atoms with Gasteiger partial charge in [0.05, 0.1) is 0 Å². The SMILES string of the molecule is CN=C(NCCCN1CCCC1)N1CCC(Cc2ccccc2)C1.I. The first-order chi connectivity index (χ1) is 11.8. The summed E-state index contributed by atoms with van der Waals surface area (Å²) in [4.78, 5) is 9.51. The molecule has 3 rings (SSSR count). The maximum absolute atomic E-state index is 4.50. The largest absolute Gasteiger partial charge is 0.356 e. The molecule has 2 saturated heterocycles. The van der Waals surface area contributed by atoms with Gasteiger partial charge in [0, 0.05) is 26.7 Å². The first-order valence-electron chi connectivity index (χ1n) is 9.57. The van der Waals surface area contributed by atoms with Gasteiger partial charge in [-0.3, -0.25) is 4.99 Å². The van der Waals surface area contributed by atoms with Crippen LogP contribution in [0.2, 0.25) is 0 Å². The third-order valence-corrected chi connectivity index (χ3v) is 5.30. The van der Waals surface area contributed by atoms with E-state index in [4.69, 9.17) is 0 Å². The number of hydrogen-bond donors (Lipinski definition) is 1.